The van der Waals surface area contributed by atoms with Gasteiger partial charge in [0.05, 0.1) is 17.5 Å². The van der Waals surface area contributed by atoms with Crippen LogP contribution < -0.4 is 4.74 Å². The van der Waals surface area contributed by atoms with E-state index in [1.165, 1.54) is 19.2 Å². The molecule has 1 heterocycles. The van der Waals surface area contributed by atoms with E-state index < -0.39 is 4.92 Å². The minimum Gasteiger partial charge on any atom is -0.481 e. The zero-order valence-corrected chi connectivity index (χ0v) is 8.01. The summed E-state index contributed by atoms with van der Waals surface area (Å²) in [6, 6.07) is 7.94. The molecule has 15 heavy (non-hydrogen) atoms. The SMILES string of the molecule is COc1ccc2cc([N+](=O)[O-])ccc2n1. The number of aromatic nitrogens is 1. The topological polar surface area (TPSA) is 65.3 Å². The summed E-state index contributed by atoms with van der Waals surface area (Å²) >= 11 is 0. The average Bonchev–Trinajstić information content (AvgIpc) is 2.27. The van der Waals surface area contributed by atoms with Crippen molar-refractivity contribution in [1.29, 1.82) is 0 Å². The Morgan fingerprint density at radius 1 is 1.33 bits per heavy atom. The predicted octanol–water partition coefficient (Wildman–Crippen LogP) is 2.15. The van der Waals surface area contributed by atoms with E-state index in [1.54, 1.807) is 18.2 Å². The average molecular weight is 204 g/mol. The summed E-state index contributed by atoms with van der Waals surface area (Å²) in [5.74, 6) is 0.497. The van der Waals surface area contributed by atoms with Crippen LogP contribution in [0.1, 0.15) is 0 Å². The number of pyridine rings is 1. The Labute approximate surface area is 85.5 Å². The number of hydrogen-bond acceptors (Lipinski definition) is 4. The van der Waals surface area contributed by atoms with Gasteiger partial charge < -0.3 is 4.74 Å². The number of nitrogens with zero attached hydrogens (tertiary/aromatic N) is 2. The standard InChI is InChI=1S/C10H8N2O3/c1-15-10-5-2-7-6-8(12(13)14)3-4-9(7)11-10/h2-6H,1H3. The molecule has 0 aliphatic carbocycles. The van der Waals surface area contributed by atoms with Crippen LogP contribution in [0, 0.1) is 10.1 Å². The monoisotopic (exact) mass is 204 g/mol. The molecule has 0 amide bonds. The van der Waals surface area contributed by atoms with Gasteiger partial charge in [-0.2, -0.15) is 0 Å². The number of fused-ring (bicyclic) bond motifs is 1. The molecule has 0 N–H and O–H groups in total. The van der Waals surface area contributed by atoms with Crippen molar-refractivity contribution in [1.82, 2.24) is 4.98 Å². The van der Waals surface area contributed by atoms with E-state index in [-0.39, 0.29) is 5.69 Å². The van der Waals surface area contributed by atoms with Gasteiger partial charge in [0.15, 0.2) is 0 Å². The lowest BCUT2D eigenvalue weighted by molar-refractivity contribution is -0.384. The van der Waals surface area contributed by atoms with Gasteiger partial charge in [-0.25, -0.2) is 4.98 Å². The fraction of sp³-hybridized carbons (Fsp3) is 0.100. The molecule has 1 aromatic carbocycles. The van der Waals surface area contributed by atoms with E-state index in [2.05, 4.69) is 4.98 Å². The van der Waals surface area contributed by atoms with Crippen molar-refractivity contribution in [3.63, 3.8) is 0 Å². The Morgan fingerprint density at radius 3 is 2.80 bits per heavy atom. The van der Waals surface area contributed by atoms with Crippen LogP contribution in [0.5, 0.6) is 5.88 Å². The first-order valence-electron chi connectivity index (χ1n) is 4.30. The first kappa shape index (κ1) is 9.39. The van der Waals surface area contributed by atoms with Gasteiger partial charge in [0.25, 0.3) is 5.69 Å². The van der Waals surface area contributed by atoms with Crippen molar-refractivity contribution >= 4 is 16.6 Å². The van der Waals surface area contributed by atoms with Crippen molar-refractivity contribution in [2.45, 2.75) is 0 Å². The molecule has 0 saturated carbocycles. The third-order valence-corrected chi connectivity index (χ3v) is 2.07. The van der Waals surface area contributed by atoms with Crippen LogP contribution >= 0.6 is 0 Å². The van der Waals surface area contributed by atoms with E-state index >= 15 is 0 Å². The molecule has 2 rings (SSSR count). The molecule has 0 aliphatic heterocycles. The highest BCUT2D eigenvalue weighted by molar-refractivity contribution is 5.81. The zero-order chi connectivity index (χ0) is 10.8. The first-order valence-corrected chi connectivity index (χ1v) is 4.30. The molecule has 0 aliphatic rings. The number of non-ortho nitro benzene ring substituents is 1. The number of nitro benzene ring substituents is 1. The number of benzene rings is 1. The molecule has 0 saturated heterocycles. The van der Waals surface area contributed by atoms with Gasteiger partial charge in [-0.1, -0.05) is 0 Å². The second-order valence-corrected chi connectivity index (χ2v) is 2.99. The summed E-state index contributed by atoms with van der Waals surface area (Å²) in [5.41, 5.74) is 0.745. The fourth-order valence-corrected chi connectivity index (χ4v) is 1.32. The lowest BCUT2D eigenvalue weighted by atomic mass is 10.2. The fourth-order valence-electron chi connectivity index (χ4n) is 1.32. The van der Waals surface area contributed by atoms with Gasteiger partial charge in [-0.15, -0.1) is 0 Å². The van der Waals surface area contributed by atoms with Crippen LogP contribution in [0.4, 0.5) is 5.69 Å². The van der Waals surface area contributed by atoms with E-state index in [4.69, 9.17) is 4.74 Å². The van der Waals surface area contributed by atoms with Gasteiger partial charge in [-0.05, 0) is 12.1 Å². The number of rotatable bonds is 2. The summed E-state index contributed by atoms with van der Waals surface area (Å²) in [4.78, 5) is 14.3. The third kappa shape index (κ3) is 1.71. The quantitative estimate of drug-likeness (QED) is 0.555. The highest BCUT2D eigenvalue weighted by atomic mass is 16.6. The molecule has 0 atom stereocenters. The van der Waals surface area contributed by atoms with Crippen LogP contribution in [-0.2, 0) is 0 Å². The lowest BCUT2D eigenvalue weighted by Gasteiger charge is -2.00. The largest absolute Gasteiger partial charge is 0.481 e. The molecule has 0 fully saturated rings. The Balaban J connectivity index is 2.59. The van der Waals surface area contributed by atoms with Crippen LogP contribution in [0.15, 0.2) is 30.3 Å². The van der Waals surface area contributed by atoms with E-state index in [1.807, 2.05) is 0 Å². The van der Waals surface area contributed by atoms with Crippen molar-refractivity contribution < 1.29 is 9.66 Å². The molecule has 0 radical (unpaired) electrons. The van der Waals surface area contributed by atoms with Gasteiger partial charge in [0.1, 0.15) is 0 Å². The van der Waals surface area contributed by atoms with Crippen molar-refractivity contribution in [3.8, 4) is 5.88 Å². The maximum absolute atomic E-state index is 10.5. The summed E-state index contributed by atoms with van der Waals surface area (Å²) in [6.45, 7) is 0. The summed E-state index contributed by atoms with van der Waals surface area (Å²) in [6.07, 6.45) is 0. The zero-order valence-electron chi connectivity index (χ0n) is 8.01. The predicted molar refractivity (Wildman–Crippen MR) is 54.9 cm³/mol. The Bertz CT molecular complexity index is 525. The van der Waals surface area contributed by atoms with Gasteiger partial charge >= 0.3 is 0 Å². The molecule has 0 spiro atoms. The molecule has 5 nitrogen and oxygen atoms in total. The molecule has 0 unspecified atom stereocenters. The number of ether oxygens (including phenoxy) is 1. The van der Waals surface area contributed by atoms with Crippen LogP contribution in [0.2, 0.25) is 0 Å². The smallest absolute Gasteiger partial charge is 0.270 e. The Morgan fingerprint density at radius 2 is 2.13 bits per heavy atom. The number of methoxy groups -OCH3 is 1. The second kappa shape index (κ2) is 3.53. The number of hydrogen-bond donors (Lipinski definition) is 0. The van der Waals surface area contributed by atoms with Gasteiger partial charge in [0.2, 0.25) is 5.88 Å². The maximum atomic E-state index is 10.5. The van der Waals surface area contributed by atoms with E-state index in [9.17, 15) is 10.1 Å². The third-order valence-electron chi connectivity index (χ3n) is 2.07. The molecule has 76 valence electrons. The summed E-state index contributed by atoms with van der Waals surface area (Å²) in [5, 5.41) is 11.3. The highest BCUT2D eigenvalue weighted by Crippen LogP contribution is 2.21. The molecular weight excluding hydrogens is 196 g/mol. The van der Waals surface area contributed by atoms with Crippen molar-refractivity contribution in [2.75, 3.05) is 7.11 Å². The highest BCUT2D eigenvalue weighted by Gasteiger charge is 2.06. The van der Waals surface area contributed by atoms with Gasteiger partial charge in [-0.3, -0.25) is 10.1 Å². The lowest BCUT2D eigenvalue weighted by Crippen LogP contribution is -1.90. The van der Waals surface area contributed by atoms with Crippen LogP contribution in [-0.4, -0.2) is 17.0 Å². The maximum Gasteiger partial charge on any atom is 0.270 e. The Hall–Kier alpha value is -2.17. The molecular formula is C10H8N2O3. The van der Waals surface area contributed by atoms with Crippen LogP contribution in [0.3, 0.4) is 0 Å². The number of nitro groups is 1. The van der Waals surface area contributed by atoms with E-state index in [0.717, 1.165) is 5.39 Å². The van der Waals surface area contributed by atoms with Gasteiger partial charge in [0, 0.05) is 23.6 Å². The molecule has 5 heteroatoms. The normalized spacial score (nSPS) is 10.2. The first-order chi connectivity index (χ1) is 7.20. The Kier molecular flexibility index (Phi) is 2.21. The van der Waals surface area contributed by atoms with Crippen molar-refractivity contribution in [3.05, 3.63) is 40.4 Å². The van der Waals surface area contributed by atoms with Crippen molar-refractivity contribution in [2.24, 2.45) is 0 Å². The van der Waals surface area contributed by atoms with E-state index in [0.29, 0.717) is 11.4 Å². The summed E-state index contributed by atoms with van der Waals surface area (Å²) < 4.78 is 4.95. The minimum atomic E-state index is -0.427. The second-order valence-electron chi connectivity index (χ2n) is 2.99. The van der Waals surface area contributed by atoms with Crippen LogP contribution in [0.25, 0.3) is 10.9 Å². The minimum absolute atomic E-state index is 0.0643. The summed E-state index contributed by atoms with van der Waals surface area (Å²) in [7, 11) is 1.53. The molecule has 1 aromatic heterocycles. The molecule has 2 aromatic rings. The molecule has 0 bridgehead atoms.